The smallest absolute Gasteiger partial charge is 0.310 e. The number of carbonyl (C=O) groups is 1. The number of hydrogen-bond donors (Lipinski definition) is 0. The molecular formula is C21H18N2O2S. The molecule has 4 nitrogen and oxygen atoms in total. The molecule has 0 aliphatic carbocycles. The van der Waals surface area contributed by atoms with Gasteiger partial charge in [0.1, 0.15) is 6.33 Å². The van der Waals surface area contributed by atoms with Crippen LogP contribution >= 0.6 is 11.3 Å². The Hall–Kier alpha value is -2.92. The van der Waals surface area contributed by atoms with Crippen molar-refractivity contribution >= 4 is 28.3 Å². The molecule has 0 spiro atoms. The summed E-state index contributed by atoms with van der Waals surface area (Å²) >= 11 is 1.69. The number of nitrogens with zero attached hydrogens (tertiary/aromatic N) is 2. The van der Waals surface area contributed by atoms with Gasteiger partial charge in [-0.25, -0.2) is 4.98 Å². The molecule has 0 aliphatic rings. The van der Waals surface area contributed by atoms with Gasteiger partial charge in [-0.05, 0) is 64.7 Å². The van der Waals surface area contributed by atoms with Crippen molar-refractivity contribution < 1.29 is 9.53 Å². The van der Waals surface area contributed by atoms with Crippen molar-refractivity contribution in [1.82, 2.24) is 9.55 Å². The van der Waals surface area contributed by atoms with Gasteiger partial charge in [0.05, 0.1) is 24.1 Å². The molecule has 2 heterocycles. The molecule has 4 aromatic rings. The SMILES string of the molecule is CCOC(=O)Cc1ccc(-n2cnc3cc(-c4ccsc4)ccc32)cc1. The van der Waals surface area contributed by atoms with E-state index in [4.69, 9.17) is 4.74 Å². The van der Waals surface area contributed by atoms with E-state index in [-0.39, 0.29) is 5.97 Å². The number of benzene rings is 2. The van der Waals surface area contributed by atoms with Crippen molar-refractivity contribution in [2.75, 3.05) is 6.61 Å². The summed E-state index contributed by atoms with van der Waals surface area (Å²) in [5.41, 5.74) is 6.37. The predicted octanol–water partition coefficient (Wildman–Crippen LogP) is 4.86. The lowest BCUT2D eigenvalue weighted by atomic mass is 10.1. The number of thiophene rings is 1. The van der Waals surface area contributed by atoms with Gasteiger partial charge in [0, 0.05) is 5.69 Å². The van der Waals surface area contributed by atoms with E-state index >= 15 is 0 Å². The number of esters is 1. The molecule has 0 unspecified atom stereocenters. The highest BCUT2D eigenvalue weighted by Crippen LogP contribution is 2.27. The Balaban J connectivity index is 1.61. The Morgan fingerprint density at radius 3 is 2.69 bits per heavy atom. The standard InChI is InChI=1S/C21H18N2O2S/c1-2-25-21(24)11-15-3-6-18(7-4-15)23-14-22-19-12-16(5-8-20(19)23)17-9-10-26-13-17/h3-10,12-14H,2,11H2,1H3. The number of rotatable bonds is 5. The van der Waals surface area contributed by atoms with Crippen LogP contribution in [0, 0.1) is 0 Å². The van der Waals surface area contributed by atoms with E-state index in [0.29, 0.717) is 13.0 Å². The largest absolute Gasteiger partial charge is 0.466 e. The molecule has 4 rings (SSSR count). The zero-order valence-electron chi connectivity index (χ0n) is 14.4. The Morgan fingerprint density at radius 1 is 1.12 bits per heavy atom. The minimum atomic E-state index is -0.200. The number of carbonyl (C=O) groups excluding carboxylic acids is 1. The van der Waals surface area contributed by atoms with Crippen LogP contribution in [0.3, 0.4) is 0 Å². The Labute approximate surface area is 155 Å². The molecule has 0 N–H and O–H groups in total. The second-order valence-corrected chi connectivity index (χ2v) is 6.76. The van der Waals surface area contributed by atoms with Crippen LogP contribution in [0.25, 0.3) is 27.8 Å². The molecule has 2 aromatic carbocycles. The van der Waals surface area contributed by atoms with Crippen molar-refractivity contribution in [2.45, 2.75) is 13.3 Å². The number of ether oxygens (including phenoxy) is 1. The maximum atomic E-state index is 11.6. The zero-order chi connectivity index (χ0) is 17.9. The molecule has 26 heavy (non-hydrogen) atoms. The van der Waals surface area contributed by atoms with Crippen LogP contribution in [0.2, 0.25) is 0 Å². The van der Waals surface area contributed by atoms with Gasteiger partial charge in [0.25, 0.3) is 0 Å². The summed E-state index contributed by atoms with van der Waals surface area (Å²) in [6.45, 7) is 2.22. The molecule has 0 atom stereocenters. The zero-order valence-corrected chi connectivity index (χ0v) is 15.2. The topological polar surface area (TPSA) is 44.1 Å². The van der Waals surface area contributed by atoms with Crippen molar-refractivity contribution in [3.63, 3.8) is 0 Å². The van der Waals surface area contributed by atoms with Crippen molar-refractivity contribution in [3.8, 4) is 16.8 Å². The summed E-state index contributed by atoms with van der Waals surface area (Å²) in [6, 6.07) is 16.4. The summed E-state index contributed by atoms with van der Waals surface area (Å²) in [6.07, 6.45) is 2.13. The molecule has 0 saturated heterocycles. The Kier molecular flexibility index (Phi) is 4.54. The normalized spacial score (nSPS) is 11.0. The summed E-state index contributed by atoms with van der Waals surface area (Å²) in [5.74, 6) is -0.200. The maximum absolute atomic E-state index is 11.6. The Morgan fingerprint density at radius 2 is 1.96 bits per heavy atom. The average molecular weight is 362 g/mol. The third-order valence-electron chi connectivity index (χ3n) is 4.27. The second kappa shape index (κ2) is 7.14. The molecule has 0 aliphatic heterocycles. The molecule has 0 radical (unpaired) electrons. The van der Waals surface area contributed by atoms with Crippen LogP contribution in [0.5, 0.6) is 0 Å². The summed E-state index contributed by atoms with van der Waals surface area (Å²) in [5, 5.41) is 4.22. The van der Waals surface area contributed by atoms with Gasteiger partial charge in [-0.3, -0.25) is 9.36 Å². The molecule has 130 valence electrons. The van der Waals surface area contributed by atoms with E-state index in [9.17, 15) is 4.79 Å². The molecule has 0 bridgehead atoms. The van der Waals surface area contributed by atoms with Gasteiger partial charge in [0.15, 0.2) is 0 Å². The van der Waals surface area contributed by atoms with E-state index in [2.05, 4.69) is 44.6 Å². The number of aromatic nitrogens is 2. The van der Waals surface area contributed by atoms with Crippen LogP contribution in [0.4, 0.5) is 0 Å². The fraction of sp³-hybridized carbons (Fsp3) is 0.143. The van der Waals surface area contributed by atoms with Crippen LogP contribution in [0.1, 0.15) is 12.5 Å². The van der Waals surface area contributed by atoms with Crippen LogP contribution in [0.15, 0.2) is 65.6 Å². The lowest BCUT2D eigenvalue weighted by Crippen LogP contribution is -2.07. The third kappa shape index (κ3) is 3.26. The fourth-order valence-electron chi connectivity index (χ4n) is 2.98. The van der Waals surface area contributed by atoms with E-state index < -0.39 is 0 Å². The first-order chi connectivity index (χ1) is 12.7. The van der Waals surface area contributed by atoms with Gasteiger partial charge < -0.3 is 4.74 Å². The molecule has 0 amide bonds. The molecule has 5 heteroatoms. The first-order valence-corrected chi connectivity index (χ1v) is 9.43. The first-order valence-electron chi connectivity index (χ1n) is 8.49. The lowest BCUT2D eigenvalue weighted by Gasteiger charge is -2.07. The summed E-state index contributed by atoms with van der Waals surface area (Å²) in [4.78, 5) is 16.1. The quantitative estimate of drug-likeness (QED) is 0.476. The van der Waals surface area contributed by atoms with E-state index in [1.165, 1.54) is 11.1 Å². The Bertz CT molecular complexity index is 1030. The highest BCUT2D eigenvalue weighted by molar-refractivity contribution is 7.08. The maximum Gasteiger partial charge on any atom is 0.310 e. The van der Waals surface area contributed by atoms with Crippen LogP contribution < -0.4 is 0 Å². The van der Waals surface area contributed by atoms with Gasteiger partial charge >= 0.3 is 5.97 Å². The highest BCUT2D eigenvalue weighted by atomic mass is 32.1. The summed E-state index contributed by atoms with van der Waals surface area (Å²) < 4.78 is 7.05. The lowest BCUT2D eigenvalue weighted by molar-refractivity contribution is -0.142. The van der Waals surface area contributed by atoms with Crippen LogP contribution in [-0.2, 0) is 16.0 Å². The van der Waals surface area contributed by atoms with Crippen molar-refractivity contribution in [1.29, 1.82) is 0 Å². The minimum Gasteiger partial charge on any atom is -0.466 e. The van der Waals surface area contributed by atoms with Gasteiger partial charge in [-0.2, -0.15) is 11.3 Å². The number of fused-ring (bicyclic) bond motifs is 1. The molecular weight excluding hydrogens is 344 g/mol. The van der Waals surface area contributed by atoms with Gasteiger partial charge in [-0.1, -0.05) is 18.2 Å². The second-order valence-electron chi connectivity index (χ2n) is 5.98. The monoisotopic (exact) mass is 362 g/mol. The minimum absolute atomic E-state index is 0.200. The van der Waals surface area contributed by atoms with E-state index in [0.717, 1.165) is 22.3 Å². The van der Waals surface area contributed by atoms with E-state index in [1.807, 2.05) is 37.5 Å². The molecule has 2 aromatic heterocycles. The number of imidazole rings is 1. The molecule has 0 saturated carbocycles. The van der Waals surface area contributed by atoms with Crippen molar-refractivity contribution in [3.05, 3.63) is 71.2 Å². The number of hydrogen-bond acceptors (Lipinski definition) is 4. The average Bonchev–Trinajstić information content (AvgIpc) is 3.32. The third-order valence-corrected chi connectivity index (χ3v) is 4.95. The molecule has 0 fully saturated rings. The predicted molar refractivity (Wildman–Crippen MR) is 105 cm³/mol. The van der Waals surface area contributed by atoms with Gasteiger partial charge in [0.2, 0.25) is 0 Å². The van der Waals surface area contributed by atoms with Crippen LogP contribution in [-0.4, -0.2) is 22.1 Å². The van der Waals surface area contributed by atoms with E-state index in [1.54, 1.807) is 11.3 Å². The first kappa shape index (κ1) is 16.5. The van der Waals surface area contributed by atoms with Crippen molar-refractivity contribution in [2.24, 2.45) is 0 Å². The summed E-state index contributed by atoms with van der Waals surface area (Å²) in [7, 11) is 0. The highest BCUT2D eigenvalue weighted by Gasteiger charge is 2.08. The van der Waals surface area contributed by atoms with Gasteiger partial charge in [-0.15, -0.1) is 0 Å². The fourth-order valence-corrected chi connectivity index (χ4v) is 3.64.